The first-order valence-electron chi connectivity index (χ1n) is 10.7. The number of benzene rings is 2. The van der Waals surface area contributed by atoms with Crippen LogP contribution in [-0.4, -0.2) is 61.2 Å². The number of carbonyl (C=O) groups excluding carboxylic acids is 1. The average Bonchev–Trinajstić information content (AvgIpc) is 3.18. The molecule has 2 aromatic carbocycles. The van der Waals surface area contributed by atoms with Crippen molar-refractivity contribution in [1.29, 1.82) is 0 Å². The van der Waals surface area contributed by atoms with Gasteiger partial charge in [0.1, 0.15) is 12.4 Å². The number of amides is 1. The number of carbonyl (C=O) groups is 1. The molecule has 1 atom stereocenters. The third-order valence-electron chi connectivity index (χ3n) is 5.69. The van der Waals surface area contributed by atoms with Crippen molar-refractivity contribution in [2.45, 2.75) is 31.9 Å². The minimum Gasteiger partial charge on any atom is -0.491 e. The average molecular weight is 395 g/mol. The van der Waals surface area contributed by atoms with Crippen LogP contribution in [0.1, 0.15) is 35.2 Å². The zero-order valence-corrected chi connectivity index (χ0v) is 17.0. The Balaban J connectivity index is 1.28. The molecule has 0 aromatic heterocycles. The molecule has 5 nitrogen and oxygen atoms in total. The molecule has 0 saturated carbocycles. The summed E-state index contributed by atoms with van der Waals surface area (Å²) in [5.41, 5.74) is 2.05. The zero-order valence-electron chi connectivity index (χ0n) is 17.0. The fraction of sp³-hybridized carbons (Fsp3) is 0.458. The van der Waals surface area contributed by atoms with Crippen molar-refractivity contribution in [1.82, 2.24) is 9.80 Å². The first-order chi connectivity index (χ1) is 14.3. The van der Waals surface area contributed by atoms with Gasteiger partial charge >= 0.3 is 0 Å². The smallest absolute Gasteiger partial charge is 0.253 e. The second-order valence-electron chi connectivity index (χ2n) is 7.88. The van der Waals surface area contributed by atoms with Gasteiger partial charge in [0.15, 0.2) is 0 Å². The molecule has 2 aliphatic heterocycles. The predicted octanol–water partition coefficient (Wildman–Crippen LogP) is 3.59. The largest absolute Gasteiger partial charge is 0.491 e. The molecule has 1 amide bonds. The van der Waals surface area contributed by atoms with Gasteiger partial charge in [-0.15, -0.1) is 0 Å². The highest BCUT2D eigenvalue weighted by Crippen LogP contribution is 2.18. The van der Waals surface area contributed by atoms with E-state index in [1.807, 2.05) is 35.2 Å². The molecule has 0 aliphatic carbocycles. The van der Waals surface area contributed by atoms with E-state index in [0.717, 1.165) is 69.9 Å². The Kier molecular flexibility index (Phi) is 6.80. The Morgan fingerprint density at radius 3 is 2.55 bits per heavy atom. The van der Waals surface area contributed by atoms with Gasteiger partial charge in [-0.3, -0.25) is 9.69 Å². The standard InChI is InChI=1S/C24H30N2O3/c27-24(21-9-11-22(12-10-21)29-19-23-8-4-17-28-23)26-14-5-13-25(15-16-26)18-20-6-2-1-3-7-20/h1-3,6-7,9-12,23H,4-5,8,13-19H2. The fourth-order valence-corrected chi connectivity index (χ4v) is 4.02. The van der Waals surface area contributed by atoms with Crippen LogP contribution in [0.2, 0.25) is 0 Å². The van der Waals surface area contributed by atoms with Crippen LogP contribution in [0.25, 0.3) is 0 Å². The summed E-state index contributed by atoms with van der Waals surface area (Å²) in [5, 5.41) is 0. The van der Waals surface area contributed by atoms with E-state index < -0.39 is 0 Å². The molecular formula is C24H30N2O3. The van der Waals surface area contributed by atoms with Crippen molar-refractivity contribution in [3.63, 3.8) is 0 Å². The number of ether oxygens (including phenoxy) is 2. The molecule has 0 spiro atoms. The molecule has 0 radical (unpaired) electrons. The molecule has 2 aromatic rings. The van der Waals surface area contributed by atoms with E-state index in [4.69, 9.17) is 9.47 Å². The lowest BCUT2D eigenvalue weighted by Crippen LogP contribution is -2.35. The van der Waals surface area contributed by atoms with Crippen molar-refractivity contribution in [2.24, 2.45) is 0 Å². The Morgan fingerprint density at radius 2 is 1.79 bits per heavy atom. The van der Waals surface area contributed by atoms with E-state index in [1.54, 1.807) is 0 Å². The molecule has 0 N–H and O–H groups in total. The van der Waals surface area contributed by atoms with Crippen molar-refractivity contribution < 1.29 is 14.3 Å². The fourth-order valence-electron chi connectivity index (χ4n) is 4.02. The summed E-state index contributed by atoms with van der Waals surface area (Å²) in [7, 11) is 0. The van der Waals surface area contributed by atoms with E-state index in [1.165, 1.54) is 5.56 Å². The predicted molar refractivity (Wildman–Crippen MR) is 113 cm³/mol. The molecule has 2 fully saturated rings. The van der Waals surface area contributed by atoms with Gasteiger partial charge < -0.3 is 14.4 Å². The van der Waals surface area contributed by atoms with E-state index in [0.29, 0.717) is 6.61 Å². The Hall–Kier alpha value is -2.37. The molecule has 4 rings (SSSR count). The normalized spacial score (nSPS) is 20.4. The molecule has 2 heterocycles. The Morgan fingerprint density at radius 1 is 0.966 bits per heavy atom. The molecule has 2 aliphatic rings. The SMILES string of the molecule is O=C(c1ccc(OCC2CCCO2)cc1)N1CCCN(Cc2ccccc2)CC1. The summed E-state index contributed by atoms with van der Waals surface area (Å²) < 4.78 is 11.4. The first kappa shape index (κ1) is 19.9. The van der Waals surface area contributed by atoms with Gasteiger partial charge in [-0.1, -0.05) is 30.3 Å². The summed E-state index contributed by atoms with van der Waals surface area (Å²) in [5.74, 6) is 0.902. The minimum absolute atomic E-state index is 0.109. The lowest BCUT2D eigenvalue weighted by atomic mass is 10.2. The number of hydrogen-bond acceptors (Lipinski definition) is 4. The minimum atomic E-state index is 0.109. The third-order valence-corrected chi connectivity index (χ3v) is 5.69. The van der Waals surface area contributed by atoms with Crippen LogP contribution in [0, 0.1) is 0 Å². The van der Waals surface area contributed by atoms with Crippen molar-refractivity contribution >= 4 is 5.91 Å². The highest BCUT2D eigenvalue weighted by molar-refractivity contribution is 5.94. The van der Waals surface area contributed by atoms with Crippen LogP contribution in [0.3, 0.4) is 0 Å². The second kappa shape index (κ2) is 9.90. The molecule has 1 unspecified atom stereocenters. The maximum Gasteiger partial charge on any atom is 0.253 e. The van der Waals surface area contributed by atoms with Gasteiger partial charge in [0.25, 0.3) is 5.91 Å². The van der Waals surface area contributed by atoms with E-state index >= 15 is 0 Å². The molecule has 5 heteroatoms. The number of nitrogens with zero attached hydrogens (tertiary/aromatic N) is 2. The number of rotatable bonds is 6. The summed E-state index contributed by atoms with van der Waals surface area (Å²) >= 11 is 0. The van der Waals surface area contributed by atoms with Crippen molar-refractivity contribution in [3.8, 4) is 5.75 Å². The van der Waals surface area contributed by atoms with Crippen molar-refractivity contribution in [3.05, 3.63) is 65.7 Å². The molecule has 2 saturated heterocycles. The maximum atomic E-state index is 12.9. The first-order valence-corrected chi connectivity index (χ1v) is 10.7. The van der Waals surface area contributed by atoms with Crippen LogP contribution in [-0.2, 0) is 11.3 Å². The van der Waals surface area contributed by atoms with E-state index in [9.17, 15) is 4.79 Å². The quantitative estimate of drug-likeness (QED) is 0.751. The van der Waals surface area contributed by atoms with Gasteiger partial charge in [0.05, 0.1) is 6.10 Å². The van der Waals surface area contributed by atoms with Crippen LogP contribution in [0.5, 0.6) is 5.75 Å². The lowest BCUT2D eigenvalue weighted by Gasteiger charge is -2.22. The second-order valence-corrected chi connectivity index (χ2v) is 7.88. The number of hydrogen-bond donors (Lipinski definition) is 0. The Labute approximate surface area is 173 Å². The van der Waals surface area contributed by atoms with Crippen LogP contribution in [0.15, 0.2) is 54.6 Å². The summed E-state index contributed by atoms with van der Waals surface area (Å²) in [6.07, 6.45) is 3.38. The topological polar surface area (TPSA) is 42.0 Å². The van der Waals surface area contributed by atoms with Gasteiger partial charge in [0, 0.05) is 44.9 Å². The van der Waals surface area contributed by atoms with Crippen LogP contribution in [0.4, 0.5) is 0 Å². The molecule has 0 bridgehead atoms. The van der Waals surface area contributed by atoms with E-state index in [-0.39, 0.29) is 12.0 Å². The maximum absolute atomic E-state index is 12.9. The van der Waals surface area contributed by atoms with Crippen LogP contribution >= 0.6 is 0 Å². The molecule has 29 heavy (non-hydrogen) atoms. The summed E-state index contributed by atoms with van der Waals surface area (Å²) in [6.45, 7) is 5.86. The lowest BCUT2D eigenvalue weighted by molar-refractivity contribution is 0.0678. The monoisotopic (exact) mass is 394 g/mol. The van der Waals surface area contributed by atoms with Crippen molar-refractivity contribution in [2.75, 3.05) is 39.4 Å². The van der Waals surface area contributed by atoms with E-state index in [2.05, 4.69) is 29.2 Å². The summed E-state index contributed by atoms with van der Waals surface area (Å²) in [6, 6.07) is 18.1. The molecule has 154 valence electrons. The van der Waals surface area contributed by atoms with Gasteiger partial charge in [-0.25, -0.2) is 0 Å². The van der Waals surface area contributed by atoms with Gasteiger partial charge in [0.2, 0.25) is 0 Å². The highest BCUT2D eigenvalue weighted by atomic mass is 16.5. The van der Waals surface area contributed by atoms with Crippen LogP contribution < -0.4 is 4.74 Å². The highest BCUT2D eigenvalue weighted by Gasteiger charge is 2.21. The summed E-state index contributed by atoms with van der Waals surface area (Å²) in [4.78, 5) is 17.4. The zero-order chi connectivity index (χ0) is 19.9. The molecular weight excluding hydrogens is 364 g/mol. The third kappa shape index (κ3) is 5.58. The Bertz CT molecular complexity index is 772. The van der Waals surface area contributed by atoms with Gasteiger partial charge in [-0.2, -0.15) is 0 Å². The van der Waals surface area contributed by atoms with Gasteiger partial charge in [-0.05, 0) is 49.1 Å².